The maximum Gasteiger partial charge on any atom is 0.417 e. The van der Waals surface area contributed by atoms with Gasteiger partial charge in [-0.3, -0.25) is 25.2 Å². The fourth-order valence-corrected chi connectivity index (χ4v) is 7.74. The van der Waals surface area contributed by atoms with Crippen LogP contribution in [0.25, 0.3) is 0 Å². The van der Waals surface area contributed by atoms with Crippen LogP contribution in [0.1, 0.15) is 39.0 Å². The van der Waals surface area contributed by atoms with Crippen molar-refractivity contribution in [1.29, 1.82) is 0 Å². The Labute approximate surface area is 257 Å². The number of allylic oxidation sites excluding steroid dienone is 2. The lowest BCUT2D eigenvalue weighted by molar-refractivity contribution is -0.169. The van der Waals surface area contributed by atoms with Gasteiger partial charge in [-0.25, -0.2) is 8.78 Å². The summed E-state index contributed by atoms with van der Waals surface area (Å²) in [5.41, 5.74) is 2.03. The lowest BCUT2D eigenvalue weighted by atomic mass is 9.76. The highest BCUT2D eigenvalue weighted by molar-refractivity contribution is 14.1. The van der Waals surface area contributed by atoms with Gasteiger partial charge < -0.3 is 15.4 Å². The van der Waals surface area contributed by atoms with Crippen molar-refractivity contribution in [3.05, 3.63) is 23.4 Å². The van der Waals surface area contributed by atoms with Crippen LogP contribution in [0.3, 0.4) is 0 Å². The molecular formula is C28H42F5IN6O2. The van der Waals surface area contributed by atoms with E-state index in [9.17, 15) is 26.7 Å². The smallest absolute Gasteiger partial charge is 0.369 e. The summed E-state index contributed by atoms with van der Waals surface area (Å²) in [6.07, 6.45) is -0.0473. The van der Waals surface area contributed by atoms with E-state index in [0.29, 0.717) is 12.6 Å². The first-order valence-corrected chi connectivity index (χ1v) is 16.2. The third-order valence-electron chi connectivity index (χ3n) is 9.63. The molecular weight excluding hydrogens is 674 g/mol. The maximum absolute atomic E-state index is 13.9. The zero-order valence-corrected chi connectivity index (χ0v) is 26.2. The topological polar surface area (TPSA) is 80.9 Å². The third-order valence-corrected chi connectivity index (χ3v) is 10.5. The molecule has 8 nitrogen and oxygen atoms in total. The molecule has 0 spiro atoms. The fourth-order valence-electron chi connectivity index (χ4n) is 6.95. The van der Waals surface area contributed by atoms with Crippen LogP contribution < -0.4 is 21.3 Å². The minimum absolute atomic E-state index is 0.00426. The van der Waals surface area contributed by atoms with Crippen LogP contribution in [0.5, 0.6) is 0 Å². The Kier molecular flexibility index (Phi) is 10.1. The number of likely N-dealkylation sites (tertiary alicyclic amines) is 1. The van der Waals surface area contributed by atoms with Gasteiger partial charge in [-0.2, -0.15) is 13.2 Å². The van der Waals surface area contributed by atoms with Crippen molar-refractivity contribution in [2.75, 3.05) is 46.4 Å². The Morgan fingerprint density at radius 1 is 1.26 bits per heavy atom. The number of hydrogen-bond acceptors (Lipinski definition) is 7. The Morgan fingerprint density at radius 2 is 1.95 bits per heavy atom. The van der Waals surface area contributed by atoms with Crippen LogP contribution >= 0.6 is 22.6 Å². The molecule has 6 atom stereocenters. The number of carbonyl (C=O) groups excluding carboxylic acids is 1. The molecule has 4 N–H and O–H groups in total. The molecule has 4 aliphatic heterocycles. The first-order chi connectivity index (χ1) is 19.8. The highest BCUT2D eigenvalue weighted by Gasteiger charge is 2.45. The highest BCUT2D eigenvalue weighted by Crippen LogP contribution is 2.38. The number of piperidine rings is 1. The number of nitrogens with one attached hydrogen (secondary N) is 4. The van der Waals surface area contributed by atoms with Crippen molar-refractivity contribution < 1.29 is 31.5 Å². The van der Waals surface area contributed by atoms with Crippen LogP contribution in [0.4, 0.5) is 22.0 Å². The lowest BCUT2D eigenvalue weighted by Crippen LogP contribution is -2.64. The van der Waals surface area contributed by atoms with Gasteiger partial charge >= 0.3 is 6.18 Å². The van der Waals surface area contributed by atoms with E-state index < -0.39 is 18.3 Å². The molecule has 0 radical (unpaired) electrons. The summed E-state index contributed by atoms with van der Waals surface area (Å²) in [7, 11) is 2.08. The molecule has 4 heterocycles. The van der Waals surface area contributed by atoms with Gasteiger partial charge in [-0.05, 0) is 37.5 Å². The van der Waals surface area contributed by atoms with E-state index in [-0.39, 0.29) is 85.5 Å². The van der Waals surface area contributed by atoms with E-state index in [1.807, 2.05) is 4.90 Å². The van der Waals surface area contributed by atoms with Gasteiger partial charge in [0.05, 0.1) is 18.7 Å². The zero-order valence-electron chi connectivity index (χ0n) is 24.0. The summed E-state index contributed by atoms with van der Waals surface area (Å²) in [6.45, 7) is 3.34. The Morgan fingerprint density at radius 3 is 2.57 bits per heavy atom. The number of halogens is 6. The average molecular weight is 717 g/mol. The molecule has 0 aromatic heterocycles. The van der Waals surface area contributed by atoms with E-state index in [1.165, 1.54) is 0 Å². The van der Waals surface area contributed by atoms with Crippen LogP contribution in [0.15, 0.2) is 23.4 Å². The van der Waals surface area contributed by atoms with E-state index in [4.69, 9.17) is 4.74 Å². The average Bonchev–Trinajstić information content (AvgIpc) is 3.39. The van der Waals surface area contributed by atoms with Crippen LogP contribution in [0.2, 0.25) is 0 Å². The van der Waals surface area contributed by atoms with Gasteiger partial charge in [0.1, 0.15) is 4.11 Å². The predicted octanol–water partition coefficient (Wildman–Crippen LogP) is 3.17. The largest absolute Gasteiger partial charge is 0.417 e. The summed E-state index contributed by atoms with van der Waals surface area (Å²) in [5.74, 6) is -3.44. The number of amides is 1. The molecule has 0 bridgehead atoms. The van der Waals surface area contributed by atoms with Gasteiger partial charge in [0, 0.05) is 75.7 Å². The molecule has 1 amide bonds. The number of likely N-dealkylation sites (N-methyl/N-ethyl adjacent to an activating group) is 1. The number of hydrogen-bond donors (Lipinski definition) is 4. The second-order valence-corrected chi connectivity index (χ2v) is 13.8. The molecule has 5 rings (SSSR count). The van der Waals surface area contributed by atoms with Gasteiger partial charge in [0.15, 0.2) is 6.17 Å². The van der Waals surface area contributed by atoms with Crippen molar-refractivity contribution in [2.45, 2.75) is 79.7 Å². The molecule has 14 heteroatoms. The molecule has 5 aliphatic rings. The molecule has 0 aromatic rings. The molecule has 5 unspecified atom stereocenters. The van der Waals surface area contributed by atoms with Gasteiger partial charge in [0.25, 0.3) is 5.92 Å². The molecule has 0 saturated carbocycles. The summed E-state index contributed by atoms with van der Waals surface area (Å²) >= 11 is 2.31. The normalized spacial score (nSPS) is 36.5. The molecule has 42 heavy (non-hydrogen) atoms. The van der Waals surface area contributed by atoms with Crippen LogP contribution in [-0.2, 0) is 9.53 Å². The molecule has 1 aliphatic carbocycles. The van der Waals surface area contributed by atoms with Gasteiger partial charge in [0.2, 0.25) is 5.91 Å². The van der Waals surface area contributed by atoms with Crippen LogP contribution in [-0.4, -0.2) is 103 Å². The monoisotopic (exact) mass is 716 g/mol. The lowest BCUT2D eigenvalue weighted by Gasteiger charge is -2.44. The minimum atomic E-state index is -4.43. The third kappa shape index (κ3) is 7.41. The van der Waals surface area contributed by atoms with Crippen molar-refractivity contribution in [1.82, 2.24) is 31.1 Å². The summed E-state index contributed by atoms with van der Waals surface area (Å²) in [6, 6.07) is -0.0698. The molecule has 0 aromatic carbocycles. The van der Waals surface area contributed by atoms with Gasteiger partial charge in [-0.1, -0.05) is 35.6 Å². The standard InChI is InChI=1S/C28H42F5IN6O2/c1-16-3-5-20-19(4-6-23(38-20)39(2)18-11-22(34)42-15-18)24(16)25(41)35-14-21(40-9-7-27(29,30)8-10-40)17-12-36-26(37-13-17)28(31,32)33/h4,6,16-18,21-24,26,36-38H,3,5,7-15H2,1-2H3,(H,35,41)/t16?,17?,18?,21?,22-,23?,24?,26?/m0/s1. The number of carbonyl (C=O) groups is 1. The quantitative estimate of drug-likeness (QED) is 0.183. The Balaban J connectivity index is 1.24. The number of alkyl halides is 6. The molecule has 3 fully saturated rings. The van der Waals surface area contributed by atoms with Crippen LogP contribution in [0, 0.1) is 17.8 Å². The maximum atomic E-state index is 13.9. The second kappa shape index (κ2) is 13.1. The zero-order chi connectivity index (χ0) is 30.2. The number of dihydropyridines is 1. The summed E-state index contributed by atoms with van der Waals surface area (Å²) in [4.78, 5) is 17.9. The first-order valence-electron chi connectivity index (χ1n) is 14.9. The van der Waals surface area contributed by atoms with Crippen molar-refractivity contribution >= 4 is 28.5 Å². The highest BCUT2D eigenvalue weighted by atomic mass is 127. The van der Waals surface area contributed by atoms with Crippen molar-refractivity contribution in [2.24, 2.45) is 17.8 Å². The molecule has 238 valence electrons. The number of rotatable bonds is 7. The Bertz CT molecular complexity index is 1030. The van der Waals surface area contributed by atoms with E-state index in [2.05, 4.69) is 74.9 Å². The van der Waals surface area contributed by atoms with Crippen molar-refractivity contribution in [3.8, 4) is 0 Å². The Hall–Kier alpha value is -1.07. The van der Waals surface area contributed by atoms with Gasteiger partial charge in [-0.15, -0.1) is 0 Å². The second-order valence-electron chi connectivity index (χ2n) is 12.4. The fraction of sp³-hybridized carbons (Fsp3) is 0.821. The minimum Gasteiger partial charge on any atom is -0.369 e. The van der Waals surface area contributed by atoms with E-state index in [1.54, 1.807) is 0 Å². The predicted molar refractivity (Wildman–Crippen MR) is 157 cm³/mol. The van der Waals surface area contributed by atoms with Crippen molar-refractivity contribution in [3.63, 3.8) is 0 Å². The number of ether oxygens (including phenoxy) is 1. The summed E-state index contributed by atoms with van der Waals surface area (Å²) in [5, 5.41) is 11.8. The summed E-state index contributed by atoms with van der Waals surface area (Å²) < 4.78 is 73.4. The number of nitrogens with zero attached hydrogens (tertiary/aromatic N) is 2. The van der Waals surface area contributed by atoms with E-state index in [0.717, 1.165) is 30.5 Å². The first kappa shape index (κ1) is 32.3. The van der Waals surface area contributed by atoms with E-state index >= 15 is 0 Å². The molecule has 3 saturated heterocycles. The SMILES string of the molecule is CC1CCC2=C(C=CC(N(C)C3CO[C@H](I)C3)N2)C1C(=O)NCC(C1CNC(C(F)(F)F)NC1)N1CCC(F)(F)CC1.